The van der Waals surface area contributed by atoms with E-state index >= 15 is 0 Å². The maximum absolute atomic E-state index is 13.2. The van der Waals surface area contributed by atoms with Gasteiger partial charge in [-0.3, -0.25) is 9.79 Å². The van der Waals surface area contributed by atoms with E-state index in [9.17, 15) is 4.79 Å². The third-order valence-electron chi connectivity index (χ3n) is 5.26. The largest absolute Gasteiger partial charge is 0.368 e. The van der Waals surface area contributed by atoms with E-state index in [1.807, 2.05) is 43.3 Å². The second-order valence-corrected chi connectivity index (χ2v) is 8.89. The Kier molecular flexibility index (Phi) is 5.45. The van der Waals surface area contributed by atoms with Gasteiger partial charge in [0.15, 0.2) is 0 Å². The van der Waals surface area contributed by atoms with Crippen molar-refractivity contribution in [1.82, 2.24) is 15.1 Å². The highest BCUT2D eigenvalue weighted by atomic mass is 79.9. The van der Waals surface area contributed by atoms with Gasteiger partial charge in [-0.15, -0.1) is 0 Å². The Labute approximate surface area is 198 Å². The summed E-state index contributed by atoms with van der Waals surface area (Å²) in [6.45, 7) is 3.43. The Bertz CT molecular complexity index is 1390. The van der Waals surface area contributed by atoms with Crippen molar-refractivity contribution in [3.05, 3.63) is 87.1 Å². The van der Waals surface area contributed by atoms with Crippen LogP contribution in [0.15, 0.2) is 70.1 Å². The Balaban J connectivity index is 1.45. The molecule has 0 aliphatic carbocycles. The molecule has 32 heavy (non-hydrogen) atoms. The fourth-order valence-corrected chi connectivity index (χ4v) is 4.34. The smallest absolute Gasteiger partial charge is 0.274 e. The summed E-state index contributed by atoms with van der Waals surface area (Å²) >= 11 is 9.96. The van der Waals surface area contributed by atoms with Crippen LogP contribution in [0.5, 0.6) is 0 Å². The monoisotopic (exact) mass is 507 g/mol. The minimum Gasteiger partial charge on any atom is -0.368 e. The van der Waals surface area contributed by atoms with Crippen LogP contribution in [0, 0.1) is 6.92 Å². The van der Waals surface area contributed by atoms with Gasteiger partial charge in [0, 0.05) is 16.6 Å². The van der Waals surface area contributed by atoms with Gasteiger partial charge in [0.1, 0.15) is 11.5 Å². The fraction of sp³-hybridized carbons (Fsp3) is 0.125. The van der Waals surface area contributed by atoms with E-state index in [0.717, 1.165) is 51.1 Å². The second kappa shape index (κ2) is 8.41. The van der Waals surface area contributed by atoms with E-state index in [1.54, 1.807) is 22.9 Å². The number of carbonyl (C=O) groups excluding carboxylic acids is 1. The van der Waals surface area contributed by atoms with Crippen molar-refractivity contribution >= 4 is 55.7 Å². The Morgan fingerprint density at radius 2 is 1.91 bits per heavy atom. The topological polar surface area (TPSA) is 71.3 Å². The van der Waals surface area contributed by atoms with Crippen LogP contribution in [0.1, 0.15) is 21.7 Å². The molecule has 1 aromatic heterocycles. The number of amides is 1. The number of nitrogens with zero attached hydrogens (tertiary/aromatic N) is 3. The SMILES string of the molecule is Cc1cc(C(=O)Nc2ccc(C3=NCCN3)cc2Cl)n(-c2ccc3cc(Br)ccc3c2)n1. The Hall–Kier alpha value is -3.16. The molecule has 8 heteroatoms. The average molecular weight is 509 g/mol. The van der Waals surface area contributed by atoms with E-state index in [4.69, 9.17) is 11.6 Å². The van der Waals surface area contributed by atoms with E-state index in [-0.39, 0.29) is 5.91 Å². The number of aliphatic imine (C=N–C) groups is 1. The number of benzene rings is 3. The van der Waals surface area contributed by atoms with Crippen LogP contribution in [0.3, 0.4) is 0 Å². The van der Waals surface area contributed by atoms with Crippen LogP contribution in [0.4, 0.5) is 5.69 Å². The summed E-state index contributed by atoms with van der Waals surface area (Å²) in [5, 5.41) is 13.3. The third-order valence-corrected chi connectivity index (χ3v) is 6.07. The van der Waals surface area contributed by atoms with Crippen LogP contribution in [-0.2, 0) is 0 Å². The molecule has 0 spiro atoms. The number of halogens is 2. The van der Waals surface area contributed by atoms with Gasteiger partial charge in [-0.05, 0) is 66.2 Å². The quantitative estimate of drug-likeness (QED) is 0.390. The lowest BCUT2D eigenvalue weighted by atomic mass is 10.1. The summed E-state index contributed by atoms with van der Waals surface area (Å²) in [4.78, 5) is 17.6. The standard InChI is InChI=1S/C24H19BrClN5O/c1-14-10-22(31(30-14)19-6-3-15-11-18(25)5-2-16(15)12-19)24(32)29-21-7-4-17(13-20(21)26)23-27-8-9-28-23/h2-7,10-13H,8-9H2,1H3,(H,27,28)(H,29,32). The molecule has 5 rings (SSSR count). The molecule has 3 aromatic carbocycles. The van der Waals surface area contributed by atoms with Crippen molar-refractivity contribution in [3.8, 4) is 5.69 Å². The number of aryl methyl sites for hydroxylation is 1. The maximum atomic E-state index is 13.2. The molecule has 0 bridgehead atoms. The van der Waals surface area contributed by atoms with Gasteiger partial charge >= 0.3 is 0 Å². The third kappa shape index (κ3) is 4.01. The molecule has 0 fully saturated rings. The lowest BCUT2D eigenvalue weighted by Gasteiger charge is -2.11. The van der Waals surface area contributed by atoms with E-state index < -0.39 is 0 Å². The van der Waals surface area contributed by atoms with E-state index in [1.165, 1.54) is 0 Å². The van der Waals surface area contributed by atoms with Gasteiger partial charge in [-0.1, -0.05) is 39.7 Å². The van der Waals surface area contributed by atoms with Crippen molar-refractivity contribution < 1.29 is 4.79 Å². The Morgan fingerprint density at radius 3 is 2.69 bits per heavy atom. The maximum Gasteiger partial charge on any atom is 0.274 e. The molecule has 0 saturated heterocycles. The van der Waals surface area contributed by atoms with Crippen LogP contribution in [0.2, 0.25) is 5.02 Å². The number of nitrogens with one attached hydrogen (secondary N) is 2. The summed E-state index contributed by atoms with van der Waals surface area (Å²) in [5.41, 5.74) is 3.42. The second-order valence-electron chi connectivity index (χ2n) is 7.56. The number of anilines is 1. The van der Waals surface area contributed by atoms with Crippen molar-refractivity contribution in [2.75, 3.05) is 18.4 Å². The first-order valence-electron chi connectivity index (χ1n) is 10.1. The Morgan fingerprint density at radius 1 is 1.09 bits per heavy atom. The summed E-state index contributed by atoms with van der Waals surface area (Å²) in [7, 11) is 0. The molecule has 2 N–H and O–H groups in total. The summed E-state index contributed by atoms with van der Waals surface area (Å²) < 4.78 is 2.68. The predicted octanol–water partition coefficient (Wildman–Crippen LogP) is 5.35. The molecule has 2 heterocycles. The van der Waals surface area contributed by atoms with E-state index in [2.05, 4.69) is 42.7 Å². The molecule has 0 unspecified atom stereocenters. The number of carbonyl (C=O) groups is 1. The van der Waals surface area contributed by atoms with Crippen molar-refractivity contribution in [2.45, 2.75) is 6.92 Å². The predicted molar refractivity (Wildman–Crippen MR) is 132 cm³/mol. The lowest BCUT2D eigenvalue weighted by Crippen LogP contribution is -2.20. The number of fused-ring (bicyclic) bond motifs is 1. The van der Waals surface area contributed by atoms with Crippen LogP contribution in [-0.4, -0.2) is 34.6 Å². The minimum absolute atomic E-state index is 0.285. The highest BCUT2D eigenvalue weighted by Gasteiger charge is 2.18. The lowest BCUT2D eigenvalue weighted by molar-refractivity contribution is 0.101. The number of hydrogen-bond donors (Lipinski definition) is 2. The molecule has 0 atom stereocenters. The van der Waals surface area contributed by atoms with Crippen molar-refractivity contribution in [1.29, 1.82) is 0 Å². The molecule has 1 aliphatic heterocycles. The zero-order valence-corrected chi connectivity index (χ0v) is 19.5. The number of hydrogen-bond acceptors (Lipinski definition) is 4. The van der Waals surface area contributed by atoms with Gasteiger partial charge < -0.3 is 10.6 Å². The molecule has 6 nitrogen and oxygen atoms in total. The molecule has 1 aliphatic rings. The van der Waals surface area contributed by atoms with Crippen molar-refractivity contribution in [2.24, 2.45) is 4.99 Å². The van der Waals surface area contributed by atoms with Gasteiger partial charge in [-0.25, -0.2) is 4.68 Å². The molecule has 0 radical (unpaired) electrons. The molecular formula is C24H19BrClN5O. The normalized spacial score (nSPS) is 13.2. The summed E-state index contributed by atoms with van der Waals surface area (Å²) in [5.74, 6) is 0.536. The van der Waals surface area contributed by atoms with E-state index in [0.29, 0.717) is 16.4 Å². The molecule has 160 valence electrons. The van der Waals surface area contributed by atoms with Gasteiger partial charge in [0.05, 0.1) is 28.6 Å². The minimum atomic E-state index is -0.285. The van der Waals surface area contributed by atoms with Gasteiger partial charge in [-0.2, -0.15) is 5.10 Å². The van der Waals surface area contributed by atoms with Gasteiger partial charge in [0.25, 0.3) is 5.91 Å². The van der Waals surface area contributed by atoms with Crippen molar-refractivity contribution in [3.63, 3.8) is 0 Å². The first-order chi connectivity index (χ1) is 15.5. The first kappa shape index (κ1) is 20.7. The molecule has 1 amide bonds. The number of aromatic nitrogens is 2. The summed E-state index contributed by atoms with van der Waals surface area (Å²) in [6.07, 6.45) is 0. The zero-order chi connectivity index (χ0) is 22.2. The molecular weight excluding hydrogens is 490 g/mol. The highest BCUT2D eigenvalue weighted by molar-refractivity contribution is 9.10. The fourth-order valence-electron chi connectivity index (χ4n) is 3.74. The molecule has 0 saturated carbocycles. The first-order valence-corrected chi connectivity index (χ1v) is 11.3. The van der Waals surface area contributed by atoms with Gasteiger partial charge in [0.2, 0.25) is 0 Å². The molecule has 4 aromatic rings. The zero-order valence-electron chi connectivity index (χ0n) is 17.2. The van der Waals surface area contributed by atoms with Crippen LogP contribution in [0.25, 0.3) is 16.5 Å². The van der Waals surface area contributed by atoms with Crippen LogP contribution >= 0.6 is 27.5 Å². The highest BCUT2D eigenvalue weighted by Crippen LogP contribution is 2.26. The number of amidine groups is 1. The number of rotatable bonds is 4. The van der Waals surface area contributed by atoms with Crippen LogP contribution < -0.4 is 10.6 Å². The average Bonchev–Trinajstić information content (AvgIpc) is 3.45. The summed E-state index contributed by atoms with van der Waals surface area (Å²) in [6, 6.07) is 19.3.